The predicted octanol–water partition coefficient (Wildman–Crippen LogP) is 5.84. The van der Waals surface area contributed by atoms with Gasteiger partial charge >= 0.3 is 0 Å². The molecule has 3 heteroatoms. The first-order chi connectivity index (χ1) is 9.06. The van der Waals surface area contributed by atoms with E-state index in [0.29, 0.717) is 5.92 Å². The molecule has 19 heavy (non-hydrogen) atoms. The van der Waals surface area contributed by atoms with E-state index in [1.807, 2.05) is 18.2 Å². The second-order valence-electron chi connectivity index (χ2n) is 4.87. The fourth-order valence-electron chi connectivity index (χ4n) is 1.85. The summed E-state index contributed by atoms with van der Waals surface area (Å²) < 4.78 is 0.985. The third-order valence-electron chi connectivity index (χ3n) is 3.06. The van der Waals surface area contributed by atoms with E-state index in [2.05, 4.69) is 59.4 Å². The van der Waals surface area contributed by atoms with Crippen molar-refractivity contribution in [2.45, 2.75) is 26.3 Å². The zero-order valence-electron chi connectivity index (χ0n) is 11.1. The highest BCUT2D eigenvalue weighted by atomic mass is 79.9. The highest BCUT2D eigenvalue weighted by Crippen LogP contribution is 2.26. The van der Waals surface area contributed by atoms with Crippen molar-refractivity contribution >= 4 is 33.2 Å². The minimum atomic E-state index is 0.576. The van der Waals surface area contributed by atoms with Crippen molar-refractivity contribution in [3.8, 4) is 0 Å². The summed E-state index contributed by atoms with van der Waals surface area (Å²) in [6.45, 7) is 5.22. The summed E-state index contributed by atoms with van der Waals surface area (Å²) in [5.41, 5.74) is 3.69. The fourth-order valence-corrected chi connectivity index (χ4v) is 2.67. The zero-order chi connectivity index (χ0) is 13.8. The summed E-state index contributed by atoms with van der Waals surface area (Å²) in [7, 11) is 0. The molecule has 0 aromatic heterocycles. The Hall–Kier alpha value is -0.990. The lowest BCUT2D eigenvalue weighted by Gasteiger charge is -2.10. The monoisotopic (exact) mass is 337 g/mol. The van der Waals surface area contributed by atoms with Crippen LogP contribution in [0.3, 0.4) is 0 Å². The largest absolute Gasteiger partial charge is 0.380 e. The zero-order valence-corrected chi connectivity index (χ0v) is 13.4. The minimum absolute atomic E-state index is 0.576. The van der Waals surface area contributed by atoms with Crippen LogP contribution in [0.2, 0.25) is 5.02 Å². The van der Waals surface area contributed by atoms with E-state index >= 15 is 0 Å². The average molecular weight is 339 g/mol. The van der Waals surface area contributed by atoms with Gasteiger partial charge in [-0.05, 0) is 51.2 Å². The SMILES string of the molecule is CC(C)c1ccc(CNc2ccc(Cl)cc2Br)cc1. The van der Waals surface area contributed by atoms with Crippen LogP contribution in [0.25, 0.3) is 0 Å². The van der Waals surface area contributed by atoms with E-state index in [9.17, 15) is 0 Å². The van der Waals surface area contributed by atoms with Crippen molar-refractivity contribution in [2.24, 2.45) is 0 Å². The molecular weight excluding hydrogens is 322 g/mol. The molecule has 1 nitrogen and oxygen atoms in total. The van der Waals surface area contributed by atoms with Crippen LogP contribution < -0.4 is 5.32 Å². The van der Waals surface area contributed by atoms with E-state index in [4.69, 9.17) is 11.6 Å². The standard InChI is InChI=1S/C16H17BrClN/c1-11(2)13-5-3-12(4-6-13)10-19-16-8-7-14(18)9-15(16)17/h3-9,11,19H,10H2,1-2H3. The highest BCUT2D eigenvalue weighted by molar-refractivity contribution is 9.10. The van der Waals surface area contributed by atoms with E-state index in [1.54, 1.807) is 0 Å². The second kappa shape index (κ2) is 6.44. The van der Waals surface area contributed by atoms with Gasteiger partial charge < -0.3 is 5.32 Å². The molecule has 0 saturated heterocycles. The summed E-state index contributed by atoms with van der Waals surface area (Å²) in [6, 6.07) is 14.5. The Bertz CT molecular complexity index is 549. The maximum absolute atomic E-state index is 5.92. The van der Waals surface area contributed by atoms with Crippen molar-refractivity contribution in [1.29, 1.82) is 0 Å². The summed E-state index contributed by atoms with van der Waals surface area (Å²) in [6.07, 6.45) is 0. The van der Waals surface area contributed by atoms with Gasteiger partial charge in [0.25, 0.3) is 0 Å². The van der Waals surface area contributed by atoms with Gasteiger partial charge in [0, 0.05) is 21.7 Å². The van der Waals surface area contributed by atoms with Gasteiger partial charge in [0.15, 0.2) is 0 Å². The Labute approximate surface area is 128 Å². The third kappa shape index (κ3) is 3.99. The summed E-state index contributed by atoms with van der Waals surface area (Å²) in [4.78, 5) is 0. The molecule has 2 rings (SSSR count). The molecule has 2 aromatic rings. The van der Waals surface area contributed by atoms with E-state index in [0.717, 1.165) is 21.7 Å². The molecule has 0 aliphatic heterocycles. The molecule has 0 fully saturated rings. The molecule has 0 atom stereocenters. The van der Waals surface area contributed by atoms with E-state index in [-0.39, 0.29) is 0 Å². The average Bonchev–Trinajstić information content (AvgIpc) is 2.38. The molecule has 0 aliphatic rings. The van der Waals surface area contributed by atoms with Crippen LogP contribution in [-0.4, -0.2) is 0 Å². The lowest BCUT2D eigenvalue weighted by Crippen LogP contribution is -2.00. The Balaban J connectivity index is 2.02. The molecule has 0 bridgehead atoms. The van der Waals surface area contributed by atoms with Gasteiger partial charge in [-0.15, -0.1) is 0 Å². The van der Waals surface area contributed by atoms with E-state index < -0.39 is 0 Å². The maximum Gasteiger partial charge on any atom is 0.0488 e. The number of benzene rings is 2. The smallest absolute Gasteiger partial charge is 0.0488 e. The number of halogens is 2. The molecule has 0 heterocycles. The van der Waals surface area contributed by atoms with Crippen LogP contribution in [0, 0.1) is 0 Å². The first-order valence-electron chi connectivity index (χ1n) is 6.34. The fraction of sp³-hybridized carbons (Fsp3) is 0.250. The van der Waals surface area contributed by atoms with E-state index in [1.165, 1.54) is 11.1 Å². The number of anilines is 1. The molecule has 0 amide bonds. The molecule has 1 N–H and O–H groups in total. The van der Waals surface area contributed by atoms with Crippen molar-refractivity contribution in [3.63, 3.8) is 0 Å². The van der Waals surface area contributed by atoms with Gasteiger partial charge in [-0.3, -0.25) is 0 Å². The Morgan fingerprint density at radius 2 is 1.79 bits per heavy atom. The number of nitrogens with one attached hydrogen (secondary N) is 1. The van der Waals surface area contributed by atoms with Crippen LogP contribution in [0.15, 0.2) is 46.9 Å². The summed E-state index contributed by atoms with van der Waals surface area (Å²) >= 11 is 9.43. The van der Waals surface area contributed by atoms with Crippen molar-refractivity contribution in [2.75, 3.05) is 5.32 Å². The summed E-state index contributed by atoms with van der Waals surface area (Å²) in [5, 5.41) is 4.13. The highest BCUT2D eigenvalue weighted by Gasteiger charge is 2.02. The lowest BCUT2D eigenvalue weighted by molar-refractivity contribution is 0.865. The van der Waals surface area contributed by atoms with Gasteiger partial charge in [-0.1, -0.05) is 49.7 Å². The third-order valence-corrected chi connectivity index (χ3v) is 3.95. The topological polar surface area (TPSA) is 12.0 Å². The van der Waals surface area contributed by atoms with Gasteiger partial charge in [-0.25, -0.2) is 0 Å². The first kappa shape index (κ1) is 14.4. The van der Waals surface area contributed by atoms with Crippen LogP contribution in [0.5, 0.6) is 0 Å². The number of hydrogen-bond donors (Lipinski definition) is 1. The molecule has 0 aliphatic carbocycles. The van der Waals surface area contributed by atoms with Crippen molar-refractivity contribution < 1.29 is 0 Å². The number of rotatable bonds is 4. The Kier molecular flexibility index (Phi) is 4.89. The molecule has 100 valence electrons. The molecule has 0 radical (unpaired) electrons. The van der Waals surface area contributed by atoms with Gasteiger partial charge in [-0.2, -0.15) is 0 Å². The summed E-state index contributed by atoms with van der Waals surface area (Å²) in [5.74, 6) is 0.576. The lowest BCUT2D eigenvalue weighted by atomic mass is 10.0. The van der Waals surface area contributed by atoms with Gasteiger partial charge in [0.2, 0.25) is 0 Å². The predicted molar refractivity (Wildman–Crippen MR) is 87.0 cm³/mol. The minimum Gasteiger partial charge on any atom is -0.380 e. The van der Waals surface area contributed by atoms with Crippen molar-refractivity contribution in [1.82, 2.24) is 0 Å². The van der Waals surface area contributed by atoms with Crippen LogP contribution in [0.1, 0.15) is 30.9 Å². The number of hydrogen-bond acceptors (Lipinski definition) is 1. The van der Waals surface area contributed by atoms with Crippen LogP contribution in [-0.2, 0) is 6.54 Å². The van der Waals surface area contributed by atoms with Crippen LogP contribution >= 0.6 is 27.5 Å². The Morgan fingerprint density at radius 1 is 1.11 bits per heavy atom. The molecule has 0 unspecified atom stereocenters. The van der Waals surface area contributed by atoms with Crippen molar-refractivity contribution in [3.05, 3.63) is 63.1 Å². The first-order valence-corrected chi connectivity index (χ1v) is 7.51. The molecular formula is C16H17BrClN. The molecule has 0 saturated carbocycles. The maximum atomic E-state index is 5.92. The van der Waals surface area contributed by atoms with Gasteiger partial charge in [0.05, 0.1) is 0 Å². The van der Waals surface area contributed by atoms with Crippen LogP contribution in [0.4, 0.5) is 5.69 Å². The molecule has 2 aromatic carbocycles. The Morgan fingerprint density at radius 3 is 2.37 bits per heavy atom. The quantitative estimate of drug-likeness (QED) is 0.738. The molecule has 0 spiro atoms. The second-order valence-corrected chi connectivity index (χ2v) is 6.16. The van der Waals surface area contributed by atoms with Gasteiger partial charge in [0.1, 0.15) is 0 Å². The normalized spacial score (nSPS) is 10.8.